The Bertz CT molecular complexity index is 239. The van der Waals surface area contributed by atoms with Crippen LogP contribution >= 0.6 is 0 Å². The summed E-state index contributed by atoms with van der Waals surface area (Å²) in [4.78, 5) is 15.4. The number of nitrogens with zero attached hydrogens (tertiary/aromatic N) is 2. The van der Waals surface area contributed by atoms with Crippen LogP contribution in [0.15, 0.2) is 0 Å². The quantitative estimate of drug-likeness (QED) is 0.736. The molecule has 2 saturated heterocycles. The summed E-state index contributed by atoms with van der Waals surface area (Å²) >= 11 is 0. The molecule has 1 N–H and O–H groups in total. The Labute approximate surface area is 90.9 Å². The van der Waals surface area contributed by atoms with Crippen LogP contribution in [0.4, 0.5) is 0 Å². The number of likely N-dealkylation sites (tertiary alicyclic amines) is 2. The number of carbonyl (C=O) groups is 1. The zero-order valence-electron chi connectivity index (χ0n) is 9.35. The molecule has 0 aromatic rings. The highest BCUT2D eigenvalue weighted by Crippen LogP contribution is 2.21. The van der Waals surface area contributed by atoms with E-state index in [9.17, 15) is 4.79 Å². The minimum Gasteiger partial charge on any atom is -0.480 e. The maximum Gasteiger partial charge on any atom is 0.320 e. The van der Waals surface area contributed by atoms with Gasteiger partial charge in [0.05, 0.1) is 0 Å². The Balaban J connectivity index is 1.72. The molecular weight excluding hydrogens is 192 g/mol. The van der Waals surface area contributed by atoms with Gasteiger partial charge in [-0.3, -0.25) is 9.69 Å². The minimum absolute atomic E-state index is 0.206. The molecule has 0 aliphatic carbocycles. The van der Waals surface area contributed by atoms with Crippen molar-refractivity contribution < 1.29 is 9.90 Å². The van der Waals surface area contributed by atoms with Crippen molar-refractivity contribution in [1.29, 1.82) is 0 Å². The fourth-order valence-corrected chi connectivity index (χ4v) is 2.73. The van der Waals surface area contributed by atoms with Crippen LogP contribution in [0.3, 0.4) is 0 Å². The smallest absolute Gasteiger partial charge is 0.320 e. The summed E-state index contributed by atoms with van der Waals surface area (Å²) in [5, 5.41) is 9.01. The van der Waals surface area contributed by atoms with E-state index in [-0.39, 0.29) is 6.04 Å². The second kappa shape index (κ2) is 4.49. The molecule has 0 aromatic carbocycles. The van der Waals surface area contributed by atoms with Crippen molar-refractivity contribution in [2.45, 2.75) is 25.3 Å². The third kappa shape index (κ3) is 2.49. The molecular formula is C11H20N2O2. The standard InChI is InChI=1S/C11H20N2O2/c1-12-7-9(8-12)4-6-13-5-2-3-10(13)11(14)15/h9-10H,2-8H2,1H3,(H,14,15). The molecule has 4 nitrogen and oxygen atoms in total. The Hall–Kier alpha value is -0.610. The number of hydrogen-bond acceptors (Lipinski definition) is 3. The maximum absolute atomic E-state index is 10.9. The van der Waals surface area contributed by atoms with Crippen LogP contribution in [0.1, 0.15) is 19.3 Å². The van der Waals surface area contributed by atoms with Gasteiger partial charge in [0.25, 0.3) is 0 Å². The van der Waals surface area contributed by atoms with Crippen molar-refractivity contribution in [1.82, 2.24) is 9.80 Å². The molecule has 0 aromatic heterocycles. The molecule has 2 heterocycles. The van der Waals surface area contributed by atoms with Gasteiger partial charge < -0.3 is 10.0 Å². The van der Waals surface area contributed by atoms with Crippen LogP contribution in [-0.2, 0) is 4.79 Å². The summed E-state index contributed by atoms with van der Waals surface area (Å²) in [7, 11) is 2.13. The van der Waals surface area contributed by atoms with Crippen molar-refractivity contribution in [3.63, 3.8) is 0 Å². The van der Waals surface area contributed by atoms with E-state index in [0.29, 0.717) is 0 Å². The molecule has 0 radical (unpaired) electrons. The molecule has 2 aliphatic heterocycles. The molecule has 1 atom stereocenters. The lowest BCUT2D eigenvalue weighted by Gasteiger charge is -2.37. The Kier molecular flexibility index (Phi) is 3.26. The first-order chi connectivity index (χ1) is 7.16. The largest absolute Gasteiger partial charge is 0.480 e. The van der Waals surface area contributed by atoms with Gasteiger partial charge in [-0.25, -0.2) is 0 Å². The van der Waals surface area contributed by atoms with Crippen LogP contribution in [0.25, 0.3) is 0 Å². The van der Waals surface area contributed by atoms with Gasteiger partial charge in [-0.15, -0.1) is 0 Å². The summed E-state index contributed by atoms with van der Waals surface area (Å²) in [5.41, 5.74) is 0. The summed E-state index contributed by atoms with van der Waals surface area (Å²) < 4.78 is 0. The van der Waals surface area contributed by atoms with Gasteiger partial charge in [-0.2, -0.15) is 0 Å². The van der Waals surface area contributed by atoms with Gasteiger partial charge in [-0.05, 0) is 45.3 Å². The first-order valence-corrected chi connectivity index (χ1v) is 5.82. The molecule has 86 valence electrons. The summed E-state index contributed by atoms with van der Waals surface area (Å²) in [5.74, 6) is 0.156. The summed E-state index contributed by atoms with van der Waals surface area (Å²) in [6.07, 6.45) is 3.04. The van der Waals surface area contributed by atoms with Gasteiger partial charge in [0.1, 0.15) is 6.04 Å². The van der Waals surface area contributed by atoms with E-state index in [1.54, 1.807) is 0 Å². The summed E-state index contributed by atoms with van der Waals surface area (Å²) in [6.45, 7) is 4.31. The fraction of sp³-hybridized carbons (Fsp3) is 0.909. The molecule has 1 unspecified atom stereocenters. The topological polar surface area (TPSA) is 43.8 Å². The molecule has 2 rings (SSSR count). The molecule has 0 spiro atoms. The number of carboxylic acid groups (broad SMARTS) is 1. The molecule has 4 heteroatoms. The van der Waals surface area contributed by atoms with E-state index >= 15 is 0 Å². The van der Waals surface area contributed by atoms with Crippen LogP contribution < -0.4 is 0 Å². The van der Waals surface area contributed by atoms with Crippen LogP contribution in [0.5, 0.6) is 0 Å². The molecule has 0 amide bonds. The minimum atomic E-state index is -0.641. The Morgan fingerprint density at radius 1 is 1.47 bits per heavy atom. The third-order valence-electron chi connectivity index (χ3n) is 3.61. The van der Waals surface area contributed by atoms with Gasteiger partial charge in [0, 0.05) is 13.1 Å². The molecule has 0 saturated carbocycles. The first kappa shape index (κ1) is 10.9. The van der Waals surface area contributed by atoms with E-state index < -0.39 is 5.97 Å². The lowest BCUT2D eigenvalue weighted by molar-refractivity contribution is -0.142. The van der Waals surface area contributed by atoms with E-state index in [2.05, 4.69) is 16.8 Å². The van der Waals surface area contributed by atoms with Crippen molar-refractivity contribution in [3.8, 4) is 0 Å². The van der Waals surface area contributed by atoms with Gasteiger partial charge >= 0.3 is 5.97 Å². The van der Waals surface area contributed by atoms with Crippen molar-refractivity contribution in [2.24, 2.45) is 5.92 Å². The zero-order chi connectivity index (χ0) is 10.8. The fourth-order valence-electron chi connectivity index (χ4n) is 2.73. The lowest BCUT2D eigenvalue weighted by Crippen LogP contribution is -2.46. The lowest BCUT2D eigenvalue weighted by atomic mass is 9.97. The number of rotatable bonds is 4. The van der Waals surface area contributed by atoms with E-state index in [0.717, 1.165) is 38.3 Å². The van der Waals surface area contributed by atoms with Gasteiger partial charge in [0.15, 0.2) is 0 Å². The first-order valence-electron chi connectivity index (χ1n) is 5.82. The predicted molar refractivity (Wildman–Crippen MR) is 57.8 cm³/mol. The second-order valence-corrected chi connectivity index (χ2v) is 4.91. The van der Waals surface area contributed by atoms with Gasteiger partial charge in [0.2, 0.25) is 0 Å². The van der Waals surface area contributed by atoms with Crippen molar-refractivity contribution in [2.75, 3.05) is 33.2 Å². The molecule has 2 fully saturated rings. The maximum atomic E-state index is 10.9. The van der Waals surface area contributed by atoms with E-state index in [1.807, 2.05) is 0 Å². The van der Waals surface area contributed by atoms with Crippen LogP contribution in [-0.4, -0.2) is 60.1 Å². The Morgan fingerprint density at radius 3 is 2.80 bits per heavy atom. The normalized spacial score (nSPS) is 29.3. The summed E-state index contributed by atoms with van der Waals surface area (Å²) in [6, 6.07) is -0.206. The number of carboxylic acids is 1. The average molecular weight is 212 g/mol. The number of hydrogen-bond donors (Lipinski definition) is 1. The van der Waals surface area contributed by atoms with Crippen molar-refractivity contribution in [3.05, 3.63) is 0 Å². The molecule has 2 aliphatic rings. The highest BCUT2D eigenvalue weighted by molar-refractivity contribution is 5.73. The number of aliphatic carboxylic acids is 1. The van der Waals surface area contributed by atoms with Gasteiger partial charge in [-0.1, -0.05) is 0 Å². The second-order valence-electron chi connectivity index (χ2n) is 4.91. The zero-order valence-corrected chi connectivity index (χ0v) is 9.35. The van der Waals surface area contributed by atoms with Crippen molar-refractivity contribution >= 4 is 5.97 Å². The molecule has 15 heavy (non-hydrogen) atoms. The monoisotopic (exact) mass is 212 g/mol. The van der Waals surface area contributed by atoms with Crippen LogP contribution in [0.2, 0.25) is 0 Å². The van der Waals surface area contributed by atoms with E-state index in [4.69, 9.17) is 5.11 Å². The van der Waals surface area contributed by atoms with Crippen LogP contribution in [0, 0.1) is 5.92 Å². The highest BCUT2D eigenvalue weighted by atomic mass is 16.4. The highest BCUT2D eigenvalue weighted by Gasteiger charge is 2.31. The predicted octanol–water partition coefficient (Wildman–Crippen LogP) is 0.487. The SMILES string of the molecule is CN1CC(CCN2CCCC2C(=O)O)C1. The third-order valence-corrected chi connectivity index (χ3v) is 3.61. The van der Waals surface area contributed by atoms with E-state index in [1.165, 1.54) is 13.1 Å². The Morgan fingerprint density at radius 2 is 2.20 bits per heavy atom. The average Bonchev–Trinajstić information content (AvgIpc) is 2.58. The molecule has 0 bridgehead atoms.